The summed E-state index contributed by atoms with van der Waals surface area (Å²) < 4.78 is 0. The summed E-state index contributed by atoms with van der Waals surface area (Å²) in [4.78, 5) is 13.2. The molecule has 0 spiro atoms. The number of rotatable bonds is 8. The Morgan fingerprint density at radius 3 is 2.45 bits per heavy atom. The number of nitrogens with zero attached hydrogens (tertiary/aromatic N) is 3. The van der Waals surface area contributed by atoms with Crippen LogP contribution < -0.4 is 10.6 Å². The minimum absolute atomic E-state index is 0.830. The van der Waals surface area contributed by atoms with Crippen molar-refractivity contribution in [2.75, 3.05) is 23.7 Å². The first-order chi connectivity index (χ1) is 9.81. The number of hydrogen-bond donors (Lipinski definition) is 2. The number of aromatic nitrogens is 3. The van der Waals surface area contributed by atoms with Crippen LogP contribution in [0.3, 0.4) is 0 Å². The Morgan fingerprint density at radius 2 is 1.85 bits per heavy atom. The van der Waals surface area contributed by atoms with Gasteiger partial charge >= 0.3 is 0 Å². The van der Waals surface area contributed by atoms with E-state index in [1.165, 1.54) is 0 Å². The topological polar surface area (TPSA) is 62.7 Å². The van der Waals surface area contributed by atoms with Crippen LogP contribution in [0.1, 0.15) is 31.8 Å². The lowest BCUT2D eigenvalue weighted by atomic mass is 10.3. The zero-order chi connectivity index (χ0) is 14.2. The molecule has 0 unspecified atom stereocenters. The van der Waals surface area contributed by atoms with Gasteiger partial charge in [-0.15, -0.1) is 11.3 Å². The number of anilines is 2. The van der Waals surface area contributed by atoms with Crippen LogP contribution in [0.15, 0.2) is 17.0 Å². The van der Waals surface area contributed by atoms with Crippen LogP contribution in [0.4, 0.5) is 11.6 Å². The third kappa shape index (κ3) is 4.45. The molecule has 0 radical (unpaired) electrons. The maximum Gasteiger partial charge on any atom is 0.132 e. The summed E-state index contributed by atoms with van der Waals surface area (Å²) >= 11 is 1.63. The first-order valence-electron chi connectivity index (χ1n) is 7.04. The van der Waals surface area contributed by atoms with Gasteiger partial charge in [-0.25, -0.2) is 15.0 Å². The number of thiazole rings is 1. The molecule has 0 amide bonds. The fourth-order valence-electron chi connectivity index (χ4n) is 1.77. The molecule has 20 heavy (non-hydrogen) atoms. The third-order valence-electron chi connectivity index (χ3n) is 2.82. The van der Waals surface area contributed by atoms with Crippen LogP contribution in [0.2, 0.25) is 0 Å². The van der Waals surface area contributed by atoms with E-state index in [2.05, 4.69) is 44.8 Å². The summed E-state index contributed by atoms with van der Waals surface area (Å²) in [5, 5.41) is 8.74. The van der Waals surface area contributed by atoms with E-state index in [1.54, 1.807) is 11.3 Å². The van der Waals surface area contributed by atoms with E-state index in [-0.39, 0.29) is 0 Å². The Bertz CT molecular complexity index is 512. The van der Waals surface area contributed by atoms with Crippen LogP contribution in [0.5, 0.6) is 0 Å². The van der Waals surface area contributed by atoms with Crippen molar-refractivity contribution in [2.24, 2.45) is 0 Å². The molecule has 0 bridgehead atoms. The minimum atomic E-state index is 0.830. The Labute approximate surface area is 123 Å². The van der Waals surface area contributed by atoms with Crippen LogP contribution in [0, 0.1) is 0 Å². The number of hydrogen-bond acceptors (Lipinski definition) is 6. The summed E-state index contributed by atoms with van der Waals surface area (Å²) in [6.45, 7) is 5.97. The second kappa shape index (κ2) is 7.79. The molecular weight excluding hydrogens is 270 g/mol. The molecule has 0 aliphatic carbocycles. The van der Waals surface area contributed by atoms with Gasteiger partial charge in [0.15, 0.2) is 0 Å². The van der Waals surface area contributed by atoms with Gasteiger partial charge in [0.1, 0.15) is 17.5 Å². The van der Waals surface area contributed by atoms with Crippen molar-refractivity contribution in [3.05, 3.63) is 28.5 Å². The summed E-state index contributed by atoms with van der Waals surface area (Å²) in [6, 6.07) is 1.97. The zero-order valence-corrected chi connectivity index (χ0v) is 12.8. The van der Waals surface area contributed by atoms with Gasteiger partial charge in [-0.1, -0.05) is 13.8 Å². The molecule has 2 heterocycles. The Hall–Kier alpha value is -1.69. The SMILES string of the molecule is CCCNc1cc(NCCc2cscn2)nc(CC)n1. The number of aryl methyl sites for hydroxylation is 1. The van der Waals surface area contributed by atoms with Crippen molar-refractivity contribution in [3.8, 4) is 0 Å². The highest BCUT2D eigenvalue weighted by molar-refractivity contribution is 7.07. The second-order valence-electron chi connectivity index (χ2n) is 4.49. The molecule has 0 aliphatic rings. The molecule has 108 valence electrons. The molecule has 0 fully saturated rings. The molecule has 2 N–H and O–H groups in total. The fraction of sp³-hybridized carbons (Fsp3) is 0.500. The van der Waals surface area contributed by atoms with E-state index in [1.807, 2.05) is 11.6 Å². The summed E-state index contributed by atoms with van der Waals surface area (Å²) in [5.74, 6) is 2.64. The Kier molecular flexibility index (Phi) is 5.73. The molecule has 0 aliphatic heterocycles. The molecule has 0 atom stereocenters. The summed E-state index contributed by atoms with van der Waals surface area (Å²) in [7, 11) is 0. The Morgan fingerprint density at radius 1 is 1.10 bits per heavy atom. The van der Waals surface area contributed by atoms with Crippen LogP contribution in [0.25, 0.3) is 0 Å². The molecule has 6 heteroatoms. The molecular formula is C14H21N5S. The van der Waals surface area contributed by atoms with Crippen LogP contribution in [-0.4, -0.2) is 28.0 Å². The van der Waals surface area contributed by atoms with Gasteiger partial charge in [-0.2, -0.15) is 0 Å². The first kappa shape index (κ1) is 14.7. The van der Waals surface area contributed by atoms with Crippen molar-refractivity contribution in [2.45, 2.75) is 33.1 Å². The molecule has 0 saturated carbocycles. The molecule has 2 aromatic rings. The normalized spacial score (nSPS) is 10.5. The largest absolute Gasteiger partial charge is 0.370 e. The van der Waals surface area contributed by atoms with Crippen molar-refractivity contribution >= 4 is 23.0 Å². The third-order valence-corrected chi connectivity index (χ3v) is 3.45. The van der Waals surface area contributed by atoms with Gasteiger partial charge in [0.25, 0.3) is 0 Å². The predicted molar refractivity (Wildman–Crippen MR) is 84.5 cm³/mol. The van der Waals surface area contributed by atoms with E-state index in [0.717, 1.165) is 55.5 Å². The summed E-state index contributed by atoms with van der Waals surface area (Å²) in [6.07, 6.45) is 2.83. The molecule has 0 saturated heterocycles. The number of nitrogens with one attached hydrogen (secondary N) is 2. The highest BCUT2D eigenvalue weighted by atomic mass is 32.1. The van der Waals surface area contributed by atoms with E-state index >= 15 is 0 Å². The van der Waals surface area contributed by atoms with Crippen molar-refractivity contribution < 1.29 is 0 Å². The van der Waals surface area contributed by atoms with Gasteiger partial charge in [-0.05, 0) is 6.42 Å². The average Bonchev–Trinajstić information content (AvgIpc) is 2.98. The standard InChI is InChI=1S/C14H21N5S/c1-3-6-15-13-8-14(19-12(4-2)18-13)16-7-5-11-9-20-10-17-11/h8-10H,3-7H2,1-2H3,(H2,15,16,18,19). The highest BCUT2D eigenvalue weighted by Crippen LogP contribution is 2.12. The highest BCUT2D eigenvalue weighted by Gasteiger charge is 2.03. The van der Waals surface area contributed by atoms with Crippen molar-refractivity contribution in [3.63, 3.8) is 0 Å². The summed E-state index contributed by atoms with van der Waals surface area (Å²) in [5.41, 5.74) is 2.98. The molecule has 0 aromatic carbocycles. The van der Waals surface area contributed by atoms with E-state index in [9.17, 15) is 0 Å². The average molecular weight is 291 g/mol. The van der Waals surface area contributed by atoms with Crippen LogP contribution >= 0.6 is 11.3 Å². The van der Waals surface area contributed by atoms with Crippen LogP contribution in [-0.2, 0) is 12.8 Å². The van der Waals surface area contributed by atoms with E-state index in [0.29, 0.717) is 0 Å². The smallest absolute Gasteiger partial charge is 0.132 e. The monoisotopic (exact) mass is 291 g/mol. The van der Waals surface area contributed by atoms with Crippen molar-refractivity contribution in [1.82, 2.24) is 15.0 Å². The molecule has 2 rings (SSSR count). The quantitative estimate of drug-likeness (QED) is 0.783. The lowest BCUT2D eigenvalue weighted by molar-refractivity contribution is 0.905. The lowest BCUT2D eigenvalue weighted by Crippen LogP contribution is -2.10. The van der Waals surface area contributed by atoms with Gasteiger partial charge in [0.2, 0.25) is 0 Å². The van der Waals surface area contributed by atoms with Gasteiger partial charge < -0.3 is 10.6 Å². The zero-order valence-electron chi connectivity index (χ0n) is 12.0. The maximum absolute atomic E-state index is 4.50. The maximum atomic E-state index is 4.50. The van der Waals surface area contributed by atoms with E-state index < -0.39 is 0 Å². The minimum Gasteiger partial charge on any atom is -0.370 e. The van der Waals surface area contributed by atoms with E-state index in [4.69, 9.17) is 0 Å². The molecule has 5 nitrogen and oxygen atoms in total. The van der Waals surface area contributed by atoms with Crippen molar-refractivity contribution in [1.29, 1.82) is 0 Å². The van der Waals surface area contributed by atoms with Gasteiger partial charge in [-0.3, -0.25) is 0 Å². The first-order valence-corrected chi connectivity index (χ1v) is 7.98. The molecule has 2 aromatic heterocycles. The Balaban J connectivity index is 1.94. The second-order valence-corrected chi connectivity index (χ2v) is 5.21. The lowest BCUT2D eigenvalue weighted by Gasteiger charge is -2.10. The predicted octanol–water partition coefficient (Wildman–Crippen LogP) is 2.97. The van der Waals surface area contributed by atoms with Gasteiger partial charge in [0, 0.05) is 37.4 Å². The fourth-order valence-corrected chi connectivity index (χ4v) is 2.36. The van der Waals surface area contributed by atoms with Gasteiger partial charge in [0.05, 0.1) is 11.2 Å².